The molecular weight excluding hydrogens is 270 g/mol. The molecule has 0 aliphatic rings. The maximum atomic E-state index is 8.77. The van der Waals surface area contributed by atoms with Crippen LogP contribution in [-0.2, 0) is 5.75 Å². The fourth-order valence-corrected chi connectivity index (χ4v) is 2.65. The molecule has 0 aliphatic heterocycles. The first-order chi connectivity index (χ1) is 9.67. The van der Waals surface area contributed by atoms with E-state index in [-0.39, 0.29) is 6.61 Å². The van der Waals surface area contributed by atoms with Crippen molar-refractivity contribution in [2.45, 2.75) is 12.2 Å². The van der Waals surface area contributed by atoms with Crippen molar-refractivity contribution in [1.29, 1.82) is 0 Å². The summed E-state index contributed by atoms with van der Waals surface area (Å²) >= 11 is 1.91. The van der Waals surface area contributed by atoms with E-state index in [1.807, 2.05) is 17.8 Å². The molecule has 1 aromatic carbocycles. The minimum Gasteiger partial charge on any atom is -0.495 e. The van der Waals surface area contributed by atoms with Gasteiger partial charge in [0.15, 0.2) is 0 Å². The molecule has 110 valence electrons. The van der Waals surface area contributed by atoms with Crippen LogP contribution in [0.3, 0.4) is 0 Å². The van der Waals surface area contributed by atoms with Gasteiger partial charge in [-0.1, -0.05) is 17.9 Å². The lowest BCUT2D eigenvalue weighted by Crippen LogP contribution is -2.14. The average molecular weight is 293 g/mol. The minimum atomic E-state index is 0.0927. The molecule has 0 atom stereocenters. The van der Waals surface area contributed by atoms with Gasteiger partial charge in [-0.25, -0.2) is 0 Å². The Kier molecular flexibility index (Phi) is 8.20. The molecular formula is C16H23NO2S. The highest BCUT2D eigenvalue weighted by atomic mass is 32.2. The summed E-state index contributed by atoms with van der Waals surface area (Å²) in [5.74, 6) is 8.89. The first-order valence-electron chi connectivity index (χ1n) is 6.66. The van der Waals surface area contributed by atoms with Gasteiger partial charge in [-0.05, 0) is 31.8 Å². The van der Waals surface area contributed by atoms with E-state index >= 15 is 0 Å². The van der Waals surface area contributed by atoms with Crippen molar-refractivity contribution in [3.05, 3.63) is 29.3 Å². The van der Waals surface area contributed by atoms with E-state index in [1.165, 1.54) is 5.56 Å². The third-order valence-corrected chi connectivity index (χ3v) is 3.68. The predicted octanol–water partition coefficient (Wildman–Crippen LogP) is 2.22. The summed E-state index contributed by atoms with van der Waals surface area (Å²) in [4.78, 5) is 2.19. The second-order valence-corrected chi connectivity index (χ2v) is 5.77. The van der Waals surface area contributed by atoms with Crippen molar-refractivity contribution in [3.8, 4) is 17.6 Å². The van der Waals surface area contributed by atoms with Gasteiger partial charge in [0.1, 0.15) is 5.75 Å². The molecule has 1 aromatic rings. The quantitative estimate of drug-likeness (QED) is 0.617. The van der Waals surface area contributed by atoms with Gasteiger partial charge in [-0.3, -0.25) is 0 Å². The highest BCUT2D eigenvalue weighted by molar-refractivity contribution is 7.98. The molecule has 0 spiro atoms. The first-order valence-corrected chi connectivity index (χ1v) is 7.82. The number of methoxy groups -OCH3 is 1. The summed E-state index contributed by atoms with van der Waals surface area (Å²) in [6.45, 7) is 1.18. The fourth-order valence-electron chi connectivity index (χ4n) is 1.59. The lowest BCUT2D eigenvalue weighted by atomic mass is 10.1. The second kappa shape index (κ2) is 9.71. The van der Waals surface area contributed by atoms with Gasteiger partial charge < -0.3 is 14.7 Å². The number of hydrogen-bond donors (Lipinski definition) is 1. The Morgan fingerprint density at radius 2 is 2.15 bits per heavy atom. The molecule has 0 saturated heterocycles. The Morgan fingerprint density at radius 3 is 2.80 bits per heavy atom. The number of ether oxygens (including phenoxy) is 1. The summed E-state index contributed by atoms with van der Waals surface area (Å²) in [6.07, 6.45) is 0.491. The zero-order valence-corrected chi connectivity index (χ0v) is 13.3. The largest absolute Gasteiger partial charge is 0.495 e. The van der Waals surface area contributed by atoms with E-state index in [2.05, 4.69) is 43.0 Å². The van der Waals surface area contributed by atoms with E-state index in [1.54, 1.807) is 7.11 Å². The topological polar surface area (TPSA) is 32.7 Å². The predicted molar refractivity (Wildman–Crippen MR) is 86.3 cm³/mol. The van der Waals surface area contributed by atoms with E-state index in [0.29, 0.717) is 6.42 Å². The van der Waals surface area contributed by atoms with E-state index < -0.39 is 0 Å². The Bertz CT molecular complexity index is 463. The summed E-state index contributed by atoms with van der Waals surface area (Å²) in [6, 6.07) is 6.12. The molecule has 0 radical (unpaired) electrons. The second-order valence-electron chi connectivity index (χ2n) is 4.67. The monoisotopic (exact) mass is 293 g/mol. The highest BCUT2D eigenvalue weighted by Crippen LogP contribution is 2.21. The zero-order chi connectivity index (χ0) is 14.8. The minimum absolute atomic E-state index is 0.0927. The molecule has 0 heterocycles. The van der Waals surface area contributed by atoms with Crippen molar-refractivity contribution in [3.63, 3.8) is 0 Å². The van der Waals surface area contributed by atoms with Gasteiger partial charge in [0, 0.05) is 24.5 Å². The molecule has 0 aromatic heterocycles. The van der Waals surface area contributed by atoms with Crippen LogP contribution in [0.5, 0.6) is 5.75 Å². The molecule has 0 bridgehead atoms. The van der Waals surface area contributed by atoms with Crippen LogP contribution >= 0.6 is 11.8 Å². The van der Waals surface area contributed by atoms with Crippen LogP contribution in [0.25, 0.3) is 0 Å². The van der Waals surface area contributed by atoms with E-state index in [4.69, 9.17) is 9.84 Å². The van der Waals surface area contributed by atoms with E-state index in [9.17, 15) is 0 Å². The highest BCUT2D eigenvalue weighted by Gasteiger charge is 2.02. The van der Waals surface area contributed by atoms with Crippen molar-refractivity contribution < 1.29 is 9.84 Å². The molecule has 0 aliphatic carbocycles. The summed E-state index contributed by atoms with van der Waals surface area (Å²) in [5.41, 5.74) is 2.15. The number of thioether (sulfide) groups is 1. The fraction of sp³-hybridized carbons (Fsp3) is 0.500. The summed E-state index contributed by atoms with van der Waals surface area (Å²) in [5, 5.41) is 8.77. The van der Waals surface area contributed by atoms with Crippen LogP contribution in [0, 0.1) is 11.8 Å². The number of hydrogen-bond acceptors (Lipinski definition) is 4. The van der Waals surface area contributed by atoms with Gasteiger partial charge in [0.2, 0.25) is 0 Å². The Balaban J connectivity index is 2.65. The summed E-state index contributed by atoms with van der Waals surface area (Å²) in [7, 11) is 5.82. The van der Waals surface area contributed by atoms with Gasteiger partial charge in [0.25, 0.3) is 0 Å². The Morgan fingerprint density at radius 1 is 1.35 bits per heavy atom. The first kappa shape index (κ1) is 16.9. The molecule has 1 N–H and O–H groups in total. The lowest BCUT2D eigenvalue weighted by molar-refractivity contribution is 0.305. The van der Waals surface area contributed by atoms with Crippen LogP contribution in [0.2, 0.25) is 0 Å². The lowest BCUT2D eigenvalue weighted by Gasteiger charge is -2.09. The van der Waals surface area contributed by atoms with E-state index in [0.717, 1.165) is 29.4 Å². The number of benzene rings is 1. The normalized spacial score (nSPS) is 10.2. The SMILES string of the molecule is COc1ccc(CSCCN(C)C)cc1C#CCCO. The van der Waals surface area contributed by atoms with Crippen LogP contribution in [0.4, 0.5) is 0 Å². The van der Waals surface area contributed by atoms with Crippen molar-refractivity contribution in [1.82, 2.24) is 4.90 Å². The van der Waals surface area contributed by atoms with Crippen LogP contribution in [-0.4, -0.2) is 50.1 Å². The van der Waals surface area contributed by atoms with Crippen LogP contribution < -0.4 is 4.74 Å². The summed E-state index contributed by atoms with van der Waals surface area (Å²) < 4.78 is 5.31. The van der Waals surface area contributed by atoms with Crippen LogP contribution in [0.15, 0.2) is 18.2 Å². The van der Waals surface area contributed by atoms with Crippen molar-refractivity contribution >= 4 is 11.8 Å². The molecule has 0 amide bonds. The van der Waals surface area contributed by atoms with Gasteiger partial charge >= 0.3 is 0 Å². The molecule has 0 fully saturated rings. The zero-order valence-electron chi connectivity index (χ0n) is 12.5. The number of nitrogens with zero attached hydrogens (tertiary/aromatic N) is 1. The van der Waals surface area contributed by atoms with Gasteiger partial charge in [0.05, 0.1) is 19.3 Å². The smallest absolute Gasteiger partial charge is 0.134 e. The average Bonchev–Trinajstić information content (AvgIpc) is 2.44. The Labute approximate surface area is 126 Å². The van der Waals surface area contributed by atoms with Crippen molar-refractivity contribution in [2.24, 2.45) is 0 Å². The molecule has 4 heteroatoms. The number of aliphatic hydroxyl groups is 1. The standard InChI is InChI=1S/C16H23NO2S/c1-17(2)9-11-20-13-14-7-8-16(19-3)15(12-14)6-4-5-10-18/h7-8,12,18H,5,9-11,13H2,1-3H3. The molecule has 1 rings (SSSR count). The Hall–Kier alpha value is -1.15. The van der Waals surface area contributed by atoms with Crippen molar-refractivity contribution in [2.75, 3.05) is 40.1 Å². The number of aliphatic hydroxyl groups excluding tert-OH is 1. The molecule has 20 heavy (non-hydrogen) atoms. The third-order valence-electron chi connectivity index (χ3n) is 2.68. The van der Waals surface area contributed by atoms with Crippen LogP contribution in [0.1, 0.15) is 17.5 Å². The maximum absolute atomic E-state index is 8.77. The molecule has 3 nitrogen and oxygen atoms in total. The number of rotatable bonds is 7. The van der Waals surface area contributed by atoms with Gasteiger partial charge in [-0.15, -0.1) is 0 Å². The molecule has 0 saturated carbocycles. The third kappa shape index (κ3) is 6.33. The van der Waals surface area contributed by atoms with Gasteiger partial charge in [-0.2, -0.15) is 11.8 Å². The molecule has 0 unspecified atom stereocenters. The maximum Gasteiger partial charge on any atom is 0.134 e.